The average Bonchev–Trinajstić information content (AvgIpc) is 2.27. The SMILES string of the molecule is COC(=O)C(Cc1ccccc1)CS(N)(=O)=O. The largest absolute Gasteiger partial charge is 0.469 e. The van der Waals surface area contributed by atoms with Crippen molar-refractivity contribution in [1.29, 1.82) is 0 Å². The summed E-state index contributed by atoms with van der Waals surface area (Å²) in [4.78, 5) is 11.5. The first kappa shape index (κ1) is 13.7. The zero-order valence-corrected chi connectivity index (χ0v) is 10.3. The minimum atomic E-state index is -3.70. The molecule has 1 rings (SSSR count). The molecule has 5 nitrogen and oxygen atoms in total. The summed E-state index contributed by atoms with van der Waals surface area (Å²) in [5.41, 5.74) is 0.867. The Morgan fingerprint density at radius 3 is 2.41 bits per heavy atom. The van der Waals surface area contributed by atoms with Crippen LogP contribution in [0.15, 0.2) is 30.3 Å². The number of hydrogen-bond acceptors (Lipinski definition) is 4. The van der Waals surface area contributed by atoms with Crippen molar-refractivity contribution in [2.45, 2.75) is 6.42 Å². The zero-order chi connectivity index (χ0) is 12.9. The van der Waals surface area contributed by atoms with Gasteiger partial charge in [-0.25, -0.2) is 13.6 Å². The van der Waals surface area contributed by atoms with Crippen molar-refractivity contribution in [2.24, 2.45) is 11.1 Å². The number of ether oxygens (including phenoxy) is 1. The lowest BCUT2D eigenvalue weighted by Crippen LogP contribution is -2.30. The number of methoxy groups -OCH3 is 1. The van der Waals surface area contributed by atoms with Crippen LogP contribution in [0, 0.1) is 5.92 Å². The fourth-order valence-electron chi connectivity index (χ4n) is 1.56. The van der Waals surface area contributed by atoms with E-state index in [-0.39, 0.29) is 0 Å². The smallest absolute Gasteiger partial charge is 0.310 e. The number of carbonyl (C=O) groups is 1. The Morgan fingerprint density at radius 2 is 1.94 bits per heavy atom. The van der Waals surface area contributed by atoms with Gasteiger partial charge in [-0.3, -0.25) is 4.79 Å². The van der Waals surface area contributed by atoms with E-state index < -0.39 is 27.7 Å². The number of carbonyl (C=O) groups excluding carboxylic acids is 1. The van der Waals surface area contributed by atoms with E-state index >= 15 is 0 Å². The van der Waals surface area contributed by atoms with Crippen molar-refractivity contribution in [3.63, 3.8) is 0 Å². The Kier molecular flexibility index (Phi) is 4.65. The molecule has 0 aromatic heterocycles. The second-order valence-corrected chi connectivity index (χ2v) is 5.40. The van der Waals surface area contributed by atoms with Gasteiger partial charge in [0, 0.05) is 0 Å². The van der Waals surface area contributed by atoms with E-state index in [1.807, 2.05) is 30.3 Å². The summed E-state index contributed by atoms with van der Waals surface area (Å²) in [5.74, 6) is -1.74. The standard InChI is InChI=1S/C11H15NO4S/c1-16-11(13)10(8-17(12,14)15)7-9-5-3-2-4-6-9/h2-6,10H,7-8H2,1H3,(H2,12,14,15). The second kappa shape index (κ2) is 5.79. The van der Waals surface area contributed by atoms with E-state index in [4.69, 9.17) is 5.14 Å². The fourth-order valence-corrected chi connectivity index (χ4v) is 2.37. The molecule has 17 heavy (non-hydrogen) atoms. The van der Waals surface area contributed by atoms with Crippen LogP contribution in [0.3, 0.4) is 0 Å². The van der Waals surface area contributed by atoms with Gasteiger partial charge in [-0.05, 0) is 12.0 Å². The van der Waals surface area contributed by atoms with Crippen molar-refractivity contribution in [3.8, 4) is 0 Å². The highest BCUT2D eigenvalue weighted by atomic mass is 32.2. The molecule has 94 valence electrons. The lowest BCUT2D eigenvalue weighted by atomic mass is 10.0. The number of hydrogen-bond donors (Lipinski definition) is 1. The monoisotopic (exact) mass is 257 g/mol. The molecular formula is C11H15NO4S. The molecule has 0 aliphatic carbocycles. The Balaban J connectivity index is 2.81. The van der Waals surface area contributed by atoms with Crippen LogP contribution < -0.4 is 5.14 Å². The van der Waals surface area contributed by atoms with E-state index in [2.05, 4.69) is 4.74 Å². The average molecular weight is 257 g/mol. The number of primary sulfonamides is 1. The minimum Gasteiger partial charge on any atom is -0.469 e. The van der Waals surface area contributed by atoms with Gasteiger partial charge >= 0.3 is 5.97 Å². The van der Waals surface area contributed by atoms with Gasteiger partial charge in [0.15, 0.2) is 0 Å². The third kappa shape index (κ3) is 4.97. The van der Waals surface area contributed by atoms with E-state index in [9.17, 15) is 13.2 Å². The summed E-state index contributed by atoms with van der Waals surface area (Å²) in [6.45, 7) is 0. The molecule has 0 heterocycles. The predicted octanol–water partition coefficient (Wildman–Crippen LogP) is 0.307. The molecule has 1 aromatic rings. The first-order valence-corrected chi connectivity index (χ1v) is 6.76. The maximum Gasteiger partial charge on any atom is 0.310 e. The van der Waals surface area contributed by atoms with Crippen molar-refractivity contribution in [2.75, 3.05) is 12.9 Å². The van der Waals surface area contributed by atoms with E-state index in [0.29, 0.717) is 6.42 Å². The Morgan fingerprint density at radius 1 is 1.35 bits per heavy atom. The molecule has 1 unspecified atom stereocenters. The highest BCUT2D eigenvalue weighted by Crippen LogP contribution is 2.11. The van der Waals surface area contributed by atoms with Crippen LogP contribution >= 0.6 is 0 Å². The topological polar surface area (TPSA) is 86.5 Å². The first-order valence-electron chi connectivity index (χ1n) is 5.04. The summed E-state index contributed by atoms with van der Waals surface area (Å²) in [7, 11) is -2.47. The maximum atomic E-state index is 11.5. The summed E-state index contributed by atoms with van der Waals surface area (Å²) in [5, 5.41) is 4.95. The van der Waals surface area contributed by atoms with Crippen LogP contribution in [0.2, 0.25) is 0 Å². The van der Waals surface area contributed by atoms with E-state index in [1.165, 1.54) is 7.11 Å². The van der Waals surface area contributed by atoms with Gasteiger partial charge in [0.25, 0.3) is 0 Å². The fraction of sp³-hybridized carbons (Fsp3) is 0.364. The first-order chi connectivity index (χ1) is 7.92. The van der Waals surface area contributed by atoms with Gasteiger partial charge in [0.2, 0.25) is 10.0 Å². The lowest BCUT2D eigenvalue weighted by molar-refractivity contribution is -0.144. The maximum absolute atomic E-state index is 11.5. The van der Waals surface area contributed by atoms with Gasteiger partial charge in [-0.15, -0.1) is 0 Å². The number of rotatable bonds is 5. The molecule has 0 saturated carbocycles. The van der Waals surface area contributed by atoms with E-state index in [1.54, 1.807) is 0 Å². The van der Waals surface area contributed by atoms with E-state index in [0.717, 1.165) is 5.56 Å². The molecule has 0 saturated heterocycles. The molecule has 0 aliphatic rings. The number of nitrogens with two attached hydrogens (primary N) is 1. The lowest BCUT2D eigenvalue weighted by Gasteiger charge is -2.13. The third-order valence-corrected chi connectivity index (χ3v) is 3.16. The molecular weight excluding hydrogens is 242 g/mol. The summed E-state index contributed by atoms with van der Waals surface area (Å²) < 4.78 is 26.6. The van der Waals surface area contributed by atoms with Crippen LogP contribution in [0.1, 0.15) is 5.56 Å². The molecule has 1 atom stereocenters. The summed E-state index contributed by atoms with van der Waals surface area (Å²) in [6.07, 6.45) is 0.296. The molecule has 6 heteroatoms. The van der Waals surface area contributed by atoms with Gasteiger partial charge < -0.3 is 4.74 Å². The minimum absolute atomic E-state index is 0.296. The van der Waals surface area contributed by atoms with Crippen LogP contribution in [0.4, 0.5) is 0 Å². The molecule has 0 aliphatic heterocycles. The van der Waals surface area contributed by atoms with Gasteiger partial charge in [0.1, 0.15) is 0 Å². The van der Waals surface area contributed by atoms with Crippen LogP contribution in [0.5, 0.6) is 0 Å². The number of esters is 1. The van der Waals surface area contributed by atoms with Gasteiger partial charge in [0.05, 0.1) is 18.8 Å². The van der Waals surface area contributed by atoms with Gasteiger partial charge in [-0.2, -0.15) is 0 Å². The molecule has 0 fully saturated rings. The molecule has 1 aromatic carbocycles. The molecule has 0 amide bonds. The predicted molar refractivity (Wildman–Crippen MR) is 63.6 cm³/mol. The molecule has 2 N–H and O–H groups in total. The van der Waals surface area contributed by atoms with Crippen LogP contribution in [0.25, 0.3) is 0 Å². The normalized spacial score (nSPS) is 13.1. The van der Waals surface area contributed by atoms with Crippen LogP contribution in [-0.4, -0.2) is 27.2 Å². The van der Waals surface area contributed by atoms with Crippen molar-refractivity contribution >= 4 is 16.0 Å². The van der Waals surface area contributed by atoms with Crippen molar-refractivity contribution < 1.29 is 17.9 Å². The van der Waals surface area contributed by atoms with Crippen molar-refractivity contribution in [1.82, 2.24) is 0 Å². The molecule has 0 radical (unpaired) electrons. The van der Waals surface area contributed by atoms with Gasteiger partial charge in [-0.1, -0.05) is 30.3 Å². The second-order valence-electron chi connectivity index (χ2n) is 3.74. The Hall–Kier alpha value is -1.40. The third-order valence-electron chi connectivity index (χ3n) is 2.29. The molecule has 0 spiro atoms. The highest BCUT2D eigenvalue weighted by molar-refractivity contribution is 7.89. The zero-order valence-electron chi connectivity index (χ0n) is 9.50. The number of sulfonamides is 1. The summed E-state index contributed by atoms with van der Waals surface area (Å²) in [6, 6.07) is 9.12. The quantitative estimate of drug-likeness (QED) is 0.769. The number of benzene rings is 1. The molecule has 0 bridgehead atoms. The van der Waals surface area contributed by atoms with Crippen molar-refractivity contribution in [3.05, 3.63) is 35.9 Å². The highest BCUT2D eigenvalue weighted by Gasteiger charge is 2.24. The Labute approximate surface area is 101 Å². The Bertz CT molecular complexity index is 470. The summed E-state index contributed by atoms with van der Waals surface area (Å²) >= 11 is 0. The van der Waals surface area contributed by atoms with Crippen LogP contribution in [-0.2, 0) is 26.0 Å².